The molecule has 0 bridgehead atoms. The lowest BCUT2D eigenvalue weighted by atomic mass is 10.1. The Labute approximate surface area is 141 Å². The number of aliphatic imine (C=N–C) groups is 1. The Balaban J connectivity index is 2.01. The molecule has 0 unspecified atom stereocenters. The van der Waals surface area contributed by atoms with Crippen LogP contribution >= 0.6 is 0 Å². The van der Waals surface area contributed by atoms with Gasteiger partial charge in [0, 0.05) is 5.56 Å². The molecule has 1 aliphatic rings. The van der Waals surface area contributed by atoms with E-state index in [1.54, 1.807) is 0 Å². The van der Waals surface area contributed by atoms with Crippen LogP contribution in [0.3, 0.4) is 0 Å². The van der Waals surface area contributed by atoms with E-state index in [1.165, 1.54) is 0 Å². The summed E-state index contributed by atoms with van der Waals surface area (Å²) in [6, 6.07) is 12.2. The van der Waals surface area contributed by atoms with E-state index in [-0.39, 0.29) is 0 Å². The molecule has 4 rings (SSSR count). The van der Waals surface area contributed by atoms with Gasteiger partial charge in [-0.25, -0.2) is 9.98 Å². The van der Waals surface area contributed by atoms with Crippen LogP contribution in [-0.4, -0.2) is 21.1 Å². The maximum absolute atomic E-state index is 6.10. The van der Waals surface area contributed by atoms with Gasteiger partial charge in [-0.05, 0) is 38.5 Å². The number of aryl methyl sites for hydroxylation is 1. The summed E-state index contributed by atoms with van der Waals surface area (Å²) < 4.78 is 8.13. The van der Waals surface area contributed by atoms with Crippen LogP contribution in [0, 0.1) is 6.92 Å². The Morgan fingerprint density at radius 2 is 1.96 bits per heavy atom. The zero-order valence-electron chi connectivity index (χ0n) is 14.1. The molecule has 0 aliphatic carbocycles. The van der Waals surface area contributed by atoms with E-state index in [2.05, 4.69) is 30.6 Å². The molecule has 4 nitrogen and oxygen atoms in total. The van der Waals surface area contributed by atoms with Crippen molar-refractivity contribution in [3.8, 4) is 5.75 Å². The normalized spacial score (nSPS) is 15.5. The fraction of sp³-hybridized carbons (Fsp3) is 0.200. The van der Waals surface area contributed by atoms with Gasteiger partial charge < -0.3 is 4.74 Å². The molecule has 0 amide bonds. The third kappa shape index (κ3) is 2.14. The molecule has 2 heterocycles. The van der Waals surface area contributed by atoms with Crippen molar-refractivity contribution in [1.82, 2.24) is 9.55 Å². The highest BCUT2D eigenvalue weighted by Crippen LogP contribution is 2.34. The molecule has 0 saturated heterocycles. The van der Waals surface area contributed by atoms with Crippen molar-refractivity contribution in [3.05, 3.63) is 66.0 Å². The van der Waals surface area contributed by atoms with Crippen molar-refractivity contribution in [2.75, 3.05) is 0 Å². The molecular formula is C20H19N3O. The first kappa shape index (κ1) is 14.7. The Bertz CT molecular complexity index is 995. The molecule has 2 aromatic carbocycles. The third-order valence-electron chi connectivity index (χ3n) is 4.24. The highest BCUT2D eigenvalue weighted by Gasteiger charge is 2.30. The summed E-state index contributed by atoms with van der Waals surface area (Å²) in [6.45, 7) is 9.87. The molecule has 0 fully saturated rings. The number of hydrogen-bond donors (Lipinski definition) is 0. The van der Waals surface area contributed by atoms with E-state index in [9.17, 15) is 0 Å². The summed E-state index contributed by atoms with van der Waals surface area (Å²) in [5.74, 6) is 1.74. The second kappa shape index (κ2) is 5.06. The van der Waals surface area contributed by atoms with E-state index < -0.39 is 5.72 Å². The molecular weight excluding hydrogens is 298 g/mol. The van der Waals surface area contributed by atoms with Gasteiger partial charge in [-0.2, -0.15) is 0 Å². The van der Waals surface area contributed by atoms with Crippen LogP contribution in [0.4, 0.5) is 0 Å². The van der Waals surface area contributed by atoms with E-state index in [0.717, 1.165) is 39.3 Å². The summed E-state index contributed by atoms with van der Waals surface area (Å²) >= 11 is 0. The number of hydrogen-bond acceptors (Lipinski definition) is 3. The minimum Gasteiger partial charge on any atom is -0.466 e. The Hall–Kier alpha value is -2.88. The lowest BCUT2D eigenvalue weighted by Gasteiger charge is -2.31. The number of aromatic nitrogens is 2. The Morgan fingerprint density at radius 3 is 2.75 bits per heavy atom. The minimum atomic E-state index is -0.624. The number of benzene rings is 2. The lowest BCUT2D eigenvalue weighted by molar-refractivity contribution is 0.113. The molecule has 0 radical (unpaired) electrons. The molecule has 4 heteroatoms. The van der Waals surface area contributed by atoms with Gasteiger partial charge in [0.1, 0.15) is 17.9 Å². The zero-order chi connectivity index (χ0) is 16.9. The number of nitrogens with zero attached hydrogens (tertiary/aromatic N) is 3. The molecule has 0 atom stereocenters. The highest BCUT2D eigenvalue weighted by molar-refractivity contribution is 6.08. The van der Waals surface area contributed by atoms with E-state index >= 15 is 0 Å². The SMILES string of the molecule is C=Cc1cccc2c1ncn2C1=NC(C)(C)Oc2c(C)cccc21. The first-order valence-electron chi connectivity index (χ1n) is 7.98. The van der Waals surface area contributed by atoms with Crippen LogP contribution < -0.4 is 4.74 Å². The van der Waals surface area contributed by atoms with Crippen molar-refractivity contribution in [3.63, 3.8) is 0 Å². The molecule has 1 aromatic heterocycles. The second-order valence-electron chi connectivity index (χ2n) is 6.47. The highest BCUT2D eigenvalue weighted by atomic mass is 16.5. The summed E-state index contributed by atoms with van der Waals surface area (Å²) in [7, 11) is 0. The van der Waals surface area contributed by atoms with Gasteiger partial charge in [0.2, 0.25) is 0 Å². The topological polar surface area (TPSA) is 39.4 Å². The maximum atomic E-state index is 6.10. The van der Waals surface area contributed by atoms with Crippen LogP contribution in [0.15, 0.2) is 54.3 Å². The molecule has 24 heavy (non-hydrogen) atoms. The number of imidazole rings is 1. The monoisotopic (exact) mass is 317 g/mol. The number of fused-ring (bicyclic) bond motifs is 2. The van der Waals surface area contributed by atoms with Gasteiger partial charge in [0.15, 0.2) is 5.72 Å². The lowest BCUT2D eigenvalue weighted by Crippen LogP contribution is -2.34. The summed E-state index contributed by atoms with van der Waals surface area (Å²) in [5, 5.41) is 0. The average molecular weight is 317 g/mol. The van der Waals surface area contributed by atoms with Crippen molar-refractivity contribution in [2.45, 2.75) is 26.5 Å². The van der Waals surface area contributed by atoms with Crippen LogP contribution in [0.5, 0.6) is 5.75 Å². The molecule has 0 spiro atoms. The fourth-order valence-corrected chi connectivity index (χ4v) is 3.13. The van der Waals surface area contributed by atoms with Gasteiger partial charge in [0.25, 0.3) is 0 Å². The first-order valence-corrected chi connectivity index (χ1v) is 7.98. The van der Waals surface area contributed by atoms with E-state index in [0.29, 0.717) is 0 Å². The zero-order valence-corrected chi connectivity index (χ0v) is 14.1. The van der Waals surface area contributed by atoms with Crippen LogP contribution in [-0.2, 0) is 0 Å². The van der Waals surface area contributed by atoms with Crippen molar-refractivity contribution < 1.29 is 4.74 Å². The molecule has 0 saturated carbocycles. The summed E-state index contributed by atoms with van der Waals surface area (Å²) in [6.07, 6.45) is 3.65. The van der Waals surface area contributed by atoms with E-state index in [1.807, 2.05) is 55.1 Å². The molecule has 0 N–H and O–H groups in total. The van der Waals surface area contributed by atoms with E-state index in [4.69, 9.17) is 9.73 Å². The third-order valence-corrected chi connectivity index (χ3v) is 4.24. The van der Waals surface area contributed by atoms with Gasteiger partial charge in [-0.15, -0.1) is 0 Å². The van der Waals surface area contributed by atoms with Crippen LogP contribution in [0.25, 0.3) is 17.1 Å². The maximum Gasteiger partial charge on any atom is 0.196 e. The van der Waals surface area contributed by atoms with Gasteiger partial charge in [-0.1, -0.05) is 36.9 Å². The number of rotatable bonds is 1. The Morgan fingerprint density at radius 1 is 1.17 bits per heavy atom. The smallest absolute Gasteiger partial charge is 0.196 e. The average Bonchev–Trinajstić information content (AvgIpc) is 2.98. The fourth-order valence-electron chi connectivity index (χ4n) is 3.13. The second-order valence-corrected chi connectivity index (χ2v) is 6.47. The predicted molar refractivity (Wildman–Crippen MR) is 97.6 cm³/mol. The summed E-state index contributed by atoms with van der Waals surface area (Å²) in [4.78, 5) is 9.41. The predicted octanol–water partition coefficient (Wildman–Crippen LogP) is 4.41. The van der Waals surface area contributed by atoms with Crippen molar-refractivity contribution in [2.24, 2.45) is 4.99 Å². The van der Waals surface area contributed by atoms with Crippen LogP contribution in [0.1, 0.15) is 30.5 Å². The minimum absolute atomic E-state index is 0.624. The molecule has 3 aromatic rings. The molecule has 1 aliphatic heterocycles. The first-order chi connectivity index (χ1) is 11.5. The van der Waals surface area contributed by atoms with Crippen LogP contribution in [0.2, 0.25) is 0 Å². The van der Waals surface area contributed by atoms with Crippen molar-refractivity contribution >= 4 is 22.9 Å². The number of ether oxygens (including phenoxy) is 1. The van der Waals surface area contributed by atoms with Gasteiger partial charge >= 0.3 is 0 Å². The van der Waals surface area contributed by atoms with Gasteiger partial charge in [0.05, 0.1) is 16.6 Å². The van der Waals surface area contributed by atoms with Gasteiger partial charge in [-0.3, -0.25) is 4.57 Å². The molecule has 120 valence electrons. The van der Waals surface area contributed by atoms with Crippen molar-refractivity contribution in [1.29, 1.82) is 0 Å². The Kier molecular flexibility index (Phi) is 3.10. The quantitative estimate of drug-likeness (QED) is 0.667. The number of para-hydroxylation sites is 2. The standard InChI is InChI=1S/C20H19N3O/c1-5-14-9-7-11-16-17(14)21-12-23(16)19-15-10-6-8-13(2)18(15)24-20(3,4)22-19/h5-12H,1H2,2-4H3. The summed E-state index contributed by atoms with van der Waals surface area (Å²) in [5.41, 5.74) is 4.41. The largest absolute Gasteiger partial charge is 0.466 e.